The Morgan fingerprint density at radius 2 is 2.15 bits per heavy atom. The monoisotopic (exact) mass is 273 g/mol. The molecule has 1 saturated carbocycles. The van der Waals surface area contributed by atoms with Gasteiger partial charge in [-0.05, 0) is 25.5 Å². The summed E-state index contributed by atoms with van der Waals surface area (Å²) in [5.41, 5.74) is 2.20. The molecule has 1 N–H and O–H groups in total. The minimum atomic E-state index is 0.621. The molecular weight excluding hydrogens is 250 g/mol. The molecule has 2 heterocycles. The third-order valence-electron chi connectivity index (χ3n) is 3.95. The predicted molar refractivity (Wildman–Crippen MR) is 78.4 cm³/mol. The van der Waals surface area contributed by atoms with Crippen molar-refractivity contribution < 1.29 is 0 Å². The molecule has 0 bridgehead atoms. The number of imidazole rings is 1. The van der Waals surface area contributed by atoms with Gasteiger partial charge in [0.25, 0.3) is 0 Å². The maximum atomic E-state index is 4.71. The van der Waals surface area contributed by atoms with Gasteiger partial charge in [0.1, 0.15) is 0 Å². The van der Waals surface area contributed by atoms with E-state index in [9.17, 15) is 0 Å². The molecule has 0 amide bonds. The van der Waals surface area contributed by atoms with Gasteiger partial charge in [0.15, 0.2) is 0 Å². The van der Waals surface area contributed by atoms with Crippen molar-refractivity contribution in [2.24, 2.45) is 0 Å². The van der Waals surface area contributed by atoms with Crippen LogP contribution in [0.3, 0.4) is 0 Å². The molecule has 0 spiro atoms. The zero-order valence-electron chi connectivity index (χ0n) is 12.1. The summed E-state index contributed by atoms with van der Waals surface area (Å²) in [5.74, 6) is 0. The maximum absolute atomic E-state index is 4.71. The first-order chi connectivity index (χ1) is 9.85. The first-order valence-electron chi connectivity index (χ1n) is 7.60. The van der Waals surface area contributed by atoms with Crippen LogP contribution in [-0.4, -0.2) is 25.9 Å². The number of hydrogen-bond acceptors (Lipinski definition) is 3. The van der Waals surface area contributed by atoms with E-state index in [4.69, 9.17) is 5.10 Å². The van der Waals surface area contributed by atoms with E-state index in [2.05, 4.69) is 44.9 Å². The summed E-state index contributed by atoms with van der Waals surface area (Å²) >= 11 is 0. The highest BCUT2D eigenvalue weighted by Crippen LogP contribution is 2.28. The number of aromatic nitrogens is 4. The molecule has 0 aliphatic heterocycles. The van der Waals surface area contributed by atoms with Crippen molar-refractivity contribution in [3.8, 4) is 0 Å². The molecule has 3 rings (SSSR count). The Kier molecular flexibility index (Phi) is 4.16. The lowest BCUT2D eigenvalue weighted by Crippen LogP contribution is -2.11. The second-order valence-electron chi connectivity index (χ2n) is 5.54. The van der Waals surface area contributed by atoms with Gasteiger partial charge < -0.3 is 9.88 Å². The van der Waals surface area contributed by atoms with Crippen molar-refractivity contribution in [3.63, 3.8) is 0 Å². The molecule has 1 aliphatic carbocycles. The van der Waals surface area contributed by atoms with Gasteiger partial charge in [-0.25, -0.2) is 4.98 Å². The summed E-state index contributed by atoms with van der Waals surface area (Å²) in [4.78, 5) is 4.40. The van der Waals surface area contributed by atoms with Crippen LogP contribution in [0.4, 0.5) is 0 Å². The smallest absolute Gasteiger partial charge is 0.0953 e. The summed E-state index contributed by atoms with van der Waals surface area (Å²) in [6.45, 7) is 4.71. The Balaban J connectivity index is 1.61. The minimum absolute atomic E-state index is 0.621. The molecule has 0 unspecified atom stereocenters. The maximum Gasteiger partial charge on any atom is 0.0953 e. The zero-order chi connectivity index (χ0) is 13.8. The van der Waals surface area contributed by atoms with Gasteiger partial charge in [0.2, 0.25) is 0 Å². The molecule has 0 aromatic carbocycles. The van der Waals surface area contributed by atoms with E-state index in [1.54, 1.807) is 0 Å². The molecule has 0 saturated heterocycles. The van der Waals surface area contributed by atoms with E-state index < -0.39 is 0 Å². The Morgan fingerprint density at radius 1 is 1.30 bits per heavy atom. The molecule has 20 heavy (non-hydrogen) atoms. The van der Waals surface area contributed by atoms with Crippen LogP contribution in [0.25, 0.3) is 0 Å². The Bertz CT molecular complexity index is 536. The highest BCUT2D eigenvalue weighted by Gasteiger charge is 2.17. The molecule has 5 heteroatoms. The van der Waals surface area contributed by atoms with Gasteiger partial charge in [0, 0.05) is 18.9 Å². The van der Waals surface area contributed by atoms with Crippen molar-refractivity contribution in [1.82, 2.24) is 24.6 Å². The number of nitrogens with one attached hydrogen (secondary N) is 1. The molecule has 5 nitrogen and oxygen atoms in total. The van der Waals surface area contributed by atoms with E-state index in [-0.39, 0.29) is 0 Å². The second-order valence-corrected chi connectivity index (χ2v) is 5.54. The quantitative estimate of drug-likeness (QED) is 0.879. The van der Waals surface area contributed by atoms with Crippen LogP contribution < -0.4 is 5.32 Å². The first kappa shape index (κ1) is 13.4. The number of nitrogens with zero attached hydrogens (tertiary/aromatic N) is 4. The molecule has 2 aromatic rings. The van der Waals surface area contributed by atoms with E-state index in [0.717, 1.165) is 31.0 Å². The van der Waals surface area contributed by atoms with Crippen molar-refractivity contribution in [3.05, 3.63) is 36.2 Å². The summed E-state index contributed by atoms with van der Waals surface area (Å²) in [6, 6.07) is 2.75. The summed E-state index contributed by atoms with van der Waals surface area (Å²) < 4.78 is 4.26. The first-order valence-corrected chi connectivity index (χ1v) is 7.60. The van der Waals surface area contributed by atoms with E-state index >= 15 is 0 Å². The number of hydrogen-bond donors (Lipinski definition) is 1. The zero-order valence-corrected chi connectivity index (χ0v) is 12.1. The molecule has 0 radical (unpaired) electrons. The van der Waals surface area contributed by atoms with Gasteiger partial charge in [-0.2, -0.15) is 5.10 Å². The van der Waals surface area contributed by atoms with Gasteiger partial charge in [0.05, 0.1) is 30.3 Å². The van der Waals surface area contributed by atoms with Gasteiger partial charge >= 0.3 is 0 Å². The van der Waals surface area contributed by atoms with Crippen molar-refractivity contribution >= 4 is 0 Å². The lowest BCUT2D eigenvalue weighted by atomic mass is 10.3. The topological polar surface area (TPSA) is 47.7 Å². The Morgan fingerprint density at radius 3 is 2.95 bits per heavy atom. The van der Waals surface area contributed by atoms with Crippen LogP contribution in [0.2, 0.25) is 0 Å². The minimum Gasteiger partial charge on any atom is -0.331 e. The fourth-order valence-corrected chi connectivity index (χ4v) is 2.86. The predicted octanol–water partition coefficient (Wildman–Crippen LogP) is 2.35. The molecular formula is C15H23N5. The van der Waals surface area contributed by atoms with E-state index in [1.807, 2.05) is 6.33 Å². The van der Waals surface area contributed by atoms with Crippen molar-refractivity contribution in [2.45, 2.75) is 51.7 Å². The van der Waals surface area contributed by atoms with Gasteiger partial charge in [-0.15, -0.1) is 0 Å². The average Bonchev–Trinajstić information content (AvgIpc) is 3.18. The summed E-state index contributed by atoms with van der Waals surface area (Å²) in [7, 11) is 0. The highest BCUT2D eigenvalue weighted by atomic mass is 15.3. The third kappa shape index (κ3) is 3.10. The average molecular weight is 273 g/mol. The largest absolute Gasteiger partial charge is 0.331 e. The van der Waals surface area contributed by atoms with E-state index in [0.29, 0.717) is 6.04 Å². The number of rotatable bonds is 6. The van der Waals surface area contributed by atoms with Crippen molar-refractivity contribution in [2.75, 3.05) is 6.54 Å². The highest BCUT2D eigenvalue weighted by molar-refractivity contribution is 5.04. The molecule has 1 fully saturated rings. The molecule has 108 valence electrons. The second kappa shape index (κ2) is 6.22. The Hall–Kier alpha value is -1.62. The fraction of sp³-hybridized carbons (Fsp3) is 0.600. The third-order valence-corrected chi connectivity index (χ3v) is 3.95. The molecule has 1 aliphatic rings. The van der Waals surface area contributed by atoms with Gasteiger partial charge in [-0.3, -0.25) is 4.68 Å². The van der Waals surface area contributed by atoms with Crippen LogP contribution in [0.5, 0.6) is 0 Å². The lowest BCUT2D eigenvalue weighted by Gasteiger charge is -2.08. The molecule has 2 aromatic heterocycles. The van der Waals surface area contributed by atoms with Crippen LogP contribution in [0.1, 0.15) is 50.0 Å². The lowest BCUT2D eigenvalue weighted by molar-refractivity contribution is 0.461. The fourth-order valence-electron chi connectivity index (χ4n) is 2.86. The van der Waals surface area contributed by atoms with Crippen LogP contribution >= 0.6 is 0 Å². The van der Waals surface area contributed by atoms with Crippen molar-refractivity contribution in [1.29, 1.82) is 0 Å². The van der Waals surface area contributed by atoms with Gasteiger partial charge in [-0.1, -0.05) is 19.8 Å². The van der Waals surface area contributed by atoms with E-state index in [1.165, 1.54) is 25.7 Å². The normalized spacial score (nSPS) is 16.1. The molecule has 0 atom stereocenters. The SMILES string of the molecule is CCNCc1cn(Cc2ccn(C3CCCC3)n2)cn1. The standard InChI is InChI=1S/C15H23N5/c1-2-16-9-14-11-19(12-17-14)10-13-7-8-20(18-13)15-5-3-4-6-15/h7-8,11-12,15-16H,2-6,9-10H2,1H3. The van der Waals surface area contributed by atoms with Crippen LogP contribution in [-0.2, 0) is 13.1 Å². The van der Waals surface area contributed by atoms with Crippen LogP contribution in [0.15, 0.2) is 24.8 Å². The summed E-state index contributed by atoms with van der Waals surface area (Å²) in [6.07, 6.45) is 11.3. The van der Waals surface area contributed by atoms with Crippen LogP contribution in [0, 0.1) is 0 Å². The Labute approximate surface area is 120 Å². The summed E-state index contributed by atoms with van der Waals surface area (Å²) in [5, 5.41) is 8.00.